The fraction of sp³-hybridized carbons (Fsp3) is 0.276. The van der Waals surface area contributed by atoms with Crippen molar-refractivity contribution in [2.24, 2.45) is 5.92 Å². The molecule has 0 atom stereocenters. The molecule has 3 heterocycles. The molecule has 0 saturated carbocycles. The number of nitrogens with zero attached hydrogens (tertiary/aromatic N) is 3. The lowest BCUT2D eigenvalue weighted by atomic mass is 9.82. The van der Waals surface area contributed by atoms with Crippen LogP contribution in [-0.2, 0) is 11.8 Å². The Morgan fingerprint density at radius 1 is 0.848 bits per heavy atom. The molecule has 0 unspecified atom stereocenters. The Morgan fingerprint density at radius 3 is 2.39 bits per heavy atom. The lowest BCUT2D eigenvalue weighted by Gasteiger charge is -2.22. The zero-order valence-corrected chi connectivity index (χ0v) is 20.7. The third kappa shape index (κ3) is 4.28. The van der Waals surface area contributed by atoms with Crippen molar-refractivity contribution in [3.8, 4) is 22.6 Å². The van der Waals surface area contributed by atoms with E-state index in [4.69, 9.17) is 4.98 Å². The van der Waals surface area contributed by atoms with E-state index in [1.54, 1.807) is 17.7 Å². The normalized spacial score (nSPS) is 12.2. The smallest absolute Gasteiger partial charge is 0.116 e. The molecule has 0 amide bonds. The molecule has 4 heteroatoms. The maximum Gasteiger partial charge on any atom is 0.116 e. The van der Waals surface area contributed by atoms with Crippen LogP contribution in [0.3, 0.4) is 0 Å². The van der Waals surface area contributed by atoms with Crippen LogP contribution in [0, 0.1) is 5.92 Å². The Balaban J connectivity index is 1.58. The molecule has 0 radical (unpaired) electrons. The second-order valence-corrected chi connectivity index (χ2v) is 11.1. The van der Waals surface area contributed by atoms with Gasteiger partial charge in [-0.3, -0.25) is 4.98 Å². The Morgan fingerprint density at radius 2 is 1.61 bits per heavy atom. The van der Waals surface area contributed by atoms with E-state index in [-0.39, 0.29) is 5.41 Å². The van der Waals surface area contributed by atoms with E-state index < -0.39 is 0 Å². The van der Waals surface area contributed by atoms with E-state index in [2.05, 4.69) is 98.5 Å². The summed E-state index contributed by atoms with van der Waals surface area (Å²) in [5.74, 6) is 0.631. The van der Waals surface area contributed by atoms with Crippen molar-refractivity contribution in [1.29, 1.82) is 0 Å². The van der Waals surface area contributed by atoms with Gasteiger partial charge in [0.15, 0.2) is 0 Å². The summed E-state index contributed by atoms with van der Waals surface area (Å²) in [5, 5.41) is 6.06. The lowest BCUT2D eigenvalue weighted by Crippen LogP contribution is -2.12. The summed E-state index contributed by atoms with van der Waals surface area (Å²) in [6.07, 6.45) is 4.74. The minimum atomic E-state index is 0.0327. The number of pyridine rings is 1. The van der Waals surface area contributed by atoms with Gasteiger partial charge in [0, 0.05) is 21.8 Å². The van der Waals surface area contributed by atoms with Gasteiger partial charge < -0.3 is 0 Å². The maximum absolute atomic E-state index is 4.78. The summed E-state index contributed by atoms with van der Waals surface area (Å²) in [7, 11) is 0. The number of fused-ring (bicyclic) bond motifs is 2. The molecule has 3 aromatic heterocycles. The molecule has 0 N–H and O–H groups in total. The van der Waals surface area contributed by atoms with Crippen LogP contribution in [0.2, 0.25) is 0 Å². The number of rotatable bonds is 4. The monoisotopic (exact) mass is 451 g/mol. The Hall–Kier alpha value is -3.11. The van der Waals surface area contributed by atoms with Crippen molar-refractivity contribution in [1.82, 2.24) is 15.0 Å². The van der Waals surface area contributed by atoms with Gasteiger partial charge in [0.25, 0.3) is 0 Å². The Kier molecular flexibility index (Phi) is 5.49. The van der Waals surface area contributed by atoms with Crippen LogP contribution in [-0.4, -0.2) is 15.0 Å². The predicted molar refractivity (Wildman–Crippen MR) is 141 cm³/mol. The molecule has 0 fully saturated rings. The Labute approximate surface area is 199 Å². The highest BCUT2D eigenvalue weighted by atomic mass is 32.1. The quantitative estimate of drug-likeness (QED) is 0.277. The van der Waals surface area contributed by atoms with Gasteiger partial charge in [-0.25, -0.2) is 9.97 Å². The van der Waals surface area contributed by atoms with E-state index in [0.29, 0.717) is 5.92 Å². The number of hydrogen-bond acceptors (Lipinski definition) is 4. The average molecular weight is 452 g/mol. The molecule has 0 spiro atoms. The molecule has 166 valence electrons. The van der Waals surface area contributed by atoms with E-state index in [0.717, 1.165) is 29.1 Å². The molecule has 0 aliphatic carbocycles. The highest BCUT2D eigenvalue weighted by Gasteiger charge is 2.19. The van der Waals surface area contributed by atoms with Crippen LogP contribution < -0.4 is 0 Å². The summed E-state index contributed by atoms with van der Waals surface area (Å²) >= 11 is 1.79. The largest absolute Gasteiger partial charge is 0.254 e. The van der Waals surface area contributed by atoms with Crippen LogP contribution in [0.15, 0.2) is 66.4 Å². The SMILES string of the molecule is CC(C)Cc1csc2cc(-c3cc(-c4cc(C(C)(C)C)c5ccccc5c4)ncn3)ncc12. The minimum Gasteiger partial charge on any atom is -0.254 e. The zero-order chi connectivity index (χ0) is 23.2. The molecule has 0 bridgehead atoms. The van der Waals surface area contributed by atoms with Crippen molar-refractivity contribution >= 4 is 32.2 Å². The molecule has 5 aromatic rings. The Bertz CT molecular complexity index is 1460. The third-order valence-electron chi connectivity index (χ3n) is 6.06. The van der Waals surface area contributed by atoms with Gasteiger partial charge >= 0.3 is 0 Å². The second-order valence-electron chi connectivity index (χ2n) is 10.2. The van der Waals surface area contributed by atoms with Gasteiger partial charge in [-0.2, -0.15) is 0 Å². The average Bonchev–Trinajstić information content (AvgIpc) is 3.19. The molecule has 0 aliphatic rings. The van der Waals surface area contributed by atoms with Gasteiger partial charge in [-0.05, 0) is 69.3 Å². The van der Waals surface area contributed by atoms with Gasteiger partial charge in [-0.15, -0.1) is 11.3 Å². The molecule has 2 aromatic carbocycles. The van der Waals surface area contributed by atoms with E-state index in [1.807, 2.05) is 6.20 Å². The highest BCUT2D eigenvalue weighted by Crippen LogP contribution is 2.35. The summed E-state index contributed by atoms with van der Waals surface area (Å²) in [6.45, 7) is 11.3. The topological polar surface area (TPSA) is 38.7 Å². The fourth-order valence-corrected chi connectivity index (χ4v) is 5.43. The van der Waals surface area contributed by atoms with Crippen molar-refractivity contribution in [2.75, 3.05) is 0 Å². The lowest BCUT2D eigenvalue weighted by molar-refractivity contribution is 0.596. The molecular formula is C29H29N3S. The van der Waals surface area contributed by atoms with Crippen molar-refractivity contribution in [3.63, 3.8) is 0 Å². The van der Waals surface area contributed by atoms with Gasteiger partial charge in [0.05, 0.1) is 17.1 Å². The first-order valence-electron chi connectivity index (χ1n) is 11.5. The van der Waals surface area contributed by atoms with Crippen LogP contribution in [0.1, 0.15) is 45.7 Å². The molecular weight excluding hydrogens is 422 g/mol. The van der Waals surface area contributed by atoms with Gasteiger partial charge in [-0.1, -0.05) is 58.9 Å². The summed E-state index contributed by atoms with van der Waals surface area (Å²) in [5.41, 5.74) is 6.52. The molecule has 3 nitrogen and oxygen atoms in total. The number of hydrogen-bond donors (Lipinski definition) is 0. The molecule has 0 aliphatic heterocycles. The first kappa shape index (κ1) is 21.7. The minimum absolute atomic E-state index is 0.0327. The highest BCUT2D eigenvalue weighted by molar-refractivity contribution is 7.17. The second kappa shape index (κ2) is 8.35. The van der Waals surface area contributed by atoms with E-state index in [1.165, 1.54) is 32.0 Å². The van der Waals surface area contributed by atoms with Crippen LogP contribution in [0.5, 0.6) is 0 Å². The number of thiophene rings is 1. The summed E-state index contributed by atoms with van der Waals surface area (Å²) < 4.78 is 1.26. The molecule has 0 saturated heterocycles. The van der Waals surface area contributed by atoms with Crippen LogP contribution in [0.4, 0.5) is 0 Å². The van der Waals surface area contributed by atoms with E-state index >= 15 is 0 Å². The first-order valence-corrected chi connectivity index (χ1v) is 12.4. The van der Waals surface area contributed by atoms with Crippen molar-refractivity contribution in [3.05, 3.63) is 77.6 Å². The zero-order valence-electron chi connectivity index (χ0n) is 19.9. The van der Waals surface area contributed by atoms with Gasteiger partial charge in [0.2, 0.25) is 0 Å². The maximum atomic E-state index is 4.78. The first-order chi connectivity index (χ1) is 15.8. The molecule has 5 rings (SSSR count). The van der Waals surface area contributed by atoms with Crippen molar-refractivity contribution < 1.29 is 0 Å². The predicted octanol–water partition coefficient (Wildman–Crippen LogP) is 8.07. The fourth-order valence-electron chi connectivity index (χ4n) is 4.45. The third-order valence-corrected chi connectivity index (χ3v) is 7.06. The van der Waals surface area contributed by atoms with E-state index in [9.17, 15) is 0 Å². The van der Waals surface area contributed by atoms with Crippen LogP contribution in [0.25, 0.3) is 43.5 Å². The van der Waals surface area contributed by atoms with Gasteiger partial charge in [0.1, 0.15) is 6.33 Å². The van der Waals surface area contributed by atoms with Crippen molar-refractivity contribution in [2.45, 2.75) is 46.5 Å². The summed E-state index contributed by atoms with van der Waals surface area (Å²) in [6, 6.07) is 17.3. The number of aromatic nitrogens is 3. The standard InChI is InChI=1S/C29H29N3S/c1-18(2)10-21-16-33-28-14-27(30-15-23(21)28)26-13-25(31-17-32-26)20-11-19-8-6-7-9-22(19)24(12-20)29(3,4)5/h6-9,11-18H,10H2,1-5H3. The summed E-state index contributed by atoms with van der Waals surface area (Å²) in [4.78, 5) is 14.0. The van der Waals surface area contributed by atoms with Crippen LogP contribution >= 0.6 is 11.3 Å². The number of benzene rings is 2. The molecule has 33 heavy (non-hydrogen) atoms.